The van der Waals surface area contributed by atoms with Gasteiger partial charge in [-0.25, -0.2) is 0 Å². The number of benzene rings is 3. The Labute approximate surface area is 504 Å². The van der Waals surface area contributed by atoms with E-state index in [2.05, 4.69) is 103 Å². The zero-order chi connectivity index (χ0) is 61.2. The fraction of sp³-hybridized carbons (Fsp3) is 0.261. The Morgan fingerprint density at radius 2 is 0.908 bits per heavy atom. The van der Waals surface area contributed by atoms with E-state index in [4.69, 9.17) is 5.73 Å². The number of pyridine rings is 3. The van der Waals surface area contributed by atoms with Crippen LogP contribution in [0.5, 0.6) is 0 Å². The molecule has 0 aliphatic heterocycles. The average molecular weight is 1160 g/mol. The number of rotatable bonds is 13. The molecule has 0 saturated heterocycles. The summed E-state index contributed by atoms with van der Waals surface area (Å²) in [4.78, 5) is 85.5. The van der Waals surface area contributed by atoms with Crippen molar-refractivity contribution in [1.82, 2.24) is 40.1 Å². The number of Topliss-reactive ketones (excluding diaryl/α,β-unsaturated/α-hetero) is 3. The van der Waals surface area contributed by atoms with Gasteiger partial charge in [-0.15, -0.1) is 0 Å². The highest BCUT2D eigenvalue weighted by molar-refractivity contribution is 6.10. The molecule has 0 spiro atoms. The van der Waals surface area contributed by atoms with Crippen LogP contribution in [0, 0.1) is 16.2 Å². The van der Waals surface area contributed by atoms with Crippen LogP contribution >= 0.6 is 0 Å². The smallest absolute Gasteiger partial charge is 0.248 e. The Kier molecular flexibility index (Phi) is 16.2. The molecule has 18 nitrogen and oxygen atoms in total. The number of amides is 2. The number of hydrogen-bond acceptors (Lipinski definition) is 12. The number of nitrogens with zero attached hydrogens (tertiary/aromatic N) is 4. The van der Waals surface area contributed by atoms with Gasteiger partial charge in [0.05, 0.1) is 62.5 Å². The third-order valence-electron chi connectivity index (χ3n) is 15.9. The van der Waals surface area contributed by atoms with Gasteiger partial charge in [-0.1, -0.05) is 60.6 Å². The third-order valence-corrected chi connectivity index (χ3v) is 15.9. The van der Waals surface area contributed by atoms with Crippen LogP contribution in [0.15, 0.2) is 147 Å². The lowest BCUT2D eigenvalue weighted by molar-refractivity contribution is -0.116. The van der Waals surface area contributed by atoms with Crippen molar-refractivity contribution in [1.29, 1.82) is 0 Å². The molecule has 18 heteroatoms. The molecule has 3 aliphatic rings. The molecule has 0 saturated carbocycles. The lowest BCUT2D eigenvalue weighted by Gasteiger charge is -2.28. The molecule has 0 radical (unpaired) electrons. The highest BCUT2D eigenvalue weighted by Crippen LogP contribution is 2.47. The van der Waals surface area contributed by atoms with Crippen LogP contribution in [0.1, 0.15) is 139 Å². The molecular weight excluding hydrogens is 1090 g/mol. The SMILES string of the molecule is CC1(C)CC(=O)c2c([nH]c(-c3ccncc3)c2Nc2ccc3[nH]ncc3c2)C1.CC1(C)CC(=O)c2c([nH]c(-c3ccncc3)c2Nc2cccc(C(N)=O)c2)C1.CCCC(=O)Nc1cccc(Nc2c(-c3ccncc3)[nH]c3c2C(=O)CC(C)(C)C3)c1. The number of hydrogen-bond donors (Lipinski definition) is 9. The van der Waals surface area contributed by atoms with Crippen molar-refractivity contribution in [3.63, 3.8) is 0 Å². The van der Waals surface area contributed by atoms with Gasteiger partial charge in [0.15, 0.2) is 17.3 Å². The maximum absolute atomic E-state index is 13.1. The number of carbonyl (C=O) groups is 5. The Balaban J connectivity index is 0.000000135. The second-order valence-corrected chi connectivity index (χ2v) is 25.1. The molecule has 2 amide bonds. The van der Waals surface area contributed by atoms with Crippen LogP contribution < -0.4 is 27.0 Å². The summed E-state index contributed by atoms with van der Waals surface area (Å²) in [5.41, 5.74) is 22.7. The summed E-state index contributed by atoms with van der Waals surface area (Å²) in [7, 11) is 0. The minimum absolute atomic E-state index is 0.00597. The maximum atomic E-state index is 13.1. The summed E-state index contributed by atoms with van der Waals surface area (Å²) in [6, 6.07) is 32.1. The van der Waals surface area contributed by atoms with Crippen molar-refractivity contribution < 1.29 is 24.0 Å². The Bertz CT molecular complexity index is 4230. The van der Waals surface area contributed by atoms with E-state index in [0.29, 0.717) is 42.5 Å². The number of aromatic amines is 4. The van der Waals surface area contributed by atoms with E-state index >= 15 is 0 Å². The Hall–Kier alpha value is -10.2. The van der Waals surface area contributed by atoms with Crippen LogP contribution in [-0.4, -0.2) is 69.3 Å². The number of nitrogens with one attached hydrogen (secondary N) is 8. The highest BCUT2D eigenvalue weighted by atomic mass is 16.2. The molecule has 0 atom stereocenters. The number of ketones is 3. The number of anilines is 7. The Morgan fingerprint density at radius 1 is 0.506 bits per heavy atom. The Morgan fingerprint density at radius 3 is 1.33 bits per heavy atom. The molecule has 7 heterocycles. The summed E-state index contributed by atoms with van der Waals surface area (Å²) >= 11 is 0. The van der Waals surface area contributed by atoms with E-state index in [1.165, 1.54) is 0 Å². The fourth-order valence-corrected chi connectivity index (χ4v) is 12.1. The van der Waals surface area contributed by atoms with Crippen molar-refractivity contribution in [3.05, 3.63) is 186 Å². The van der Waals surface area contributed by atoms with E-state index in [9.17, 15) is 24.0 Å². The number of carbonyl (C=O) groups excluding carboxylic acids is 5. The van der Waals surface area contributed by atoms with Gasteiger partial charge in [0.2, 0.25) is 11.8 Å². The first-order valence-electron chi connectivity index (χ1n) is 29.3. The largest absolute Gasteiger partial charge is 0.366 e. The first-order valence-corrected chi connectivity index (χ1v) is 29.3. The summed E-state index contributed by atoms with van der Waals surface area (Å²) in [6.07, 6.45) is 17.5. The maximum Gasteiger partial charge on any atom is 0.248 e. The van der Waals surface area contributed by atoms with E-state index in [1.54, 1.807) is 61.6 Å². The molecule has 0 fully saturated rings. The standard InChI is InChI=1S/C25H28N4O2.C22H21N5O.C22H22N4O2/c1-4-6-21(31)27-17-7-5-8-18(13-17)28-24-22-19(14-25(2,3)15-20(22)30)29-23(24)16-9-11-26-12-10-16;1-22(2)10-17-19(18(28)11-22)21(20(26-17)13-5-7-23-8-6-13)25-15-3-4-16-14(9-15)12-24-27-16;1-22(2)11-16-18(17(27)12-22)20(19(26-16)13-6-8-24-9-7-13)25-15-5-3-4-14(10-15)21(23)28/h5,7-13,28-29H,4,6,14-15H2,1-3H3,(H,27,31);3-9,12,25-26H,10-11H2,1-2H3,(H,24,27);3-10,25-26H,11-12H2,1-2H3,(H2,23,28). The lowest BCUT2D eigenvalue weighted by Crippen LogP contribution is -2.26. The second-order valence-electron chi connectivity index (χ2n) is 25.1. The number of primary amides is 1. The molecular formula is C69H71N13O5. The van der Waals surface area contributed by atoms with Gasteiger partial charge in [-0.05, 0) is 133 Å². The van der Waals surface area contributed by atoms with Crippen molar-refractivity contribution in [2.45, 2.75) is 99.8 Å². The predicted octanol–water partition coefficient (Wildman–Crippen LogP) is 14.6. The number of nitrogens with two attached hydrogens (primary N) is 1. The molecule has 0 bridgehead atoms. The van der Waals surface area contributed by atoms with Gasteiger partial charge in [0, 0.05) is 130 Å². The first kappa shape index (κ1) is 58.5. The summed E-state index contributed by atoms with van der Waals surface area (Å²) in [5, 5.41) is 21.3. The molecule has 0 unspecified atom stereocenters. The molecule has 3 aliphatic carbocycles. The van der Waals surface area contributed by atoms with Crippen molar-refractivity contribution in [2.24, 2.45) is 22.0 Å². The van der Waals surface area contributed by atoms with E-state index < -0.39 is 5.91 Å². The zero-order valence-electron chi connectivity index (χ0n) is 49.9. The van der Waals surface area contributed by atoms with Gasteiger partial charge in [-0.3, -0.25) is 44.0 Å². The summed E-state index contributed by atoms with van der Waals surface area (Å²) in [5.74, 6) is -0.0794. The lowest BCUT2D eigenvalue weighted by atomic mass is 9.76. The number of fused-ring (bicyclic) bond motifs is 4. The first-order chi connectivity index (χ1) is 41.7. The van der Waals surface area contributed by atoms with Crippen molar-refractivity contribution >= 4 is 79.9 Å². The van der Waals surface area contributed by atoms with Crippen LogP contribution in [-0.2, 0) is 24.1 Å². The van der Waals surface area contributed by atoms with Crippen molar-refractivity contribution in [2.75, 3.05) is 21.3 Å². The highest BCUT2D eigenvalue weighted by Gasteiger charge is 2.39. The van der Waals surface area contributed by atoms with Crippen LogP contribution in [0.25, 0.3) is 44.7 Å². The van der Waals surface area contributed by atoms with Crippen LogP contribution in [0.3, 0.4) is 0 Å². The minimum atomic E-state index is -0.494. The molecule has 13 rings (SSSR count). The second kappa shape index (κ2) is 24.0. The van der Waals surface area contributed by atoms with Gasteiger partial charge in [0.25, 0.3) is 0 Å². The van der Waals surface area contributed by atoms with Gasteiger partial charge in [0.1, 0.15) is 0 Å². The quantitative estimate of drug-likeness (QED) is 0.0521. The fourth-order valence-electron chi connectivity index (χ4n) is 12.1. The molecule has 87 heavy (non-hydrogen) atoms. The molecule has 3 aromatic carbocycles. The van der Waals surface area contributed by atoms with Crippen LogP contribution in [0.4, 0.5) is 39.8 Å². The van der Waals surface area contributed by atoms with Crippen molar-refractivity contribution in [3.8, 4) is 33.8 Å². The summed E-state index contributed by atoms with van der Waals surface area (Å²) in [6.45, 7) is 14.7. The molecule has 10 aromatic rings. The predicted molar refractivity (Wildman–Crippen MR) is 342 cm³/mol. The van der Waals surface area contributed by atoms with E-state index in [1.807, 2.05) is 91.9 Å². The number of aromatic nitrogens is 8. The summed E-state index contributed by atoms with van der Waals surface area (Å²) < 4.78 is 0. The normalized spacial score (nSPS) is 15.1. The van der Waals surface area contributed by atoms with Gasteiger partial charge < -0.3 is 42.0 Å². The molecule has 442 valence electrons. The van der Waals surface area contributed by atoms with E-state index in [0.717, 1.165) is 133 Å². The van der Waals surface area contributed by atoms with Crippen LogP contribution in [0.2, 0.25) is 0 Å². The molecule has 7 aromatic heterocycles. The zero-order valence-corrected chi connectivity index (χ0v) is 49.9. The number of H-pyrrole nitrogens is 4. The van der Waals surface area contributed by atoms with Gasteiger partial charge >= 0.3 is 0 Å². The minimum Gasteiger partial charge on any atom is -0.366 e. The van der Waals surface area contributed by atoms with E-state index in [-0.39, 0.29) is 39.5 Å². The van der Waals surface area contributed by atoms with Gasteiger partial charge in [-0.2, -0.15) is 5.10 Å². The monoisotopic (exact) mass is 1160 g/mol. The third kappa shape index (κ3) is 13.0. The molecule has 10 N–H and O–H groups in total. The average Bonchev–Trinajstić information content (AvgIpc) is 1.79. The topological polar surface area (TPSA) is 274 Å².